The van der Waals surface area contributed by atoms with Crippen molar-refractivity contribution in [3.05, 3.63) is 47.3 Å². The maximum atomic E-state index is 12.2. The molecule has 2 amide bonds. The number of nitrogens with one attached hydrogen (secondary N) is 1. The van der Waals surface area contributed by atoms with Crippen LogP contribution in [0.4, 0.5) is 4.79 Å². The van der Waals surface area contributed by atoms with Gasteiger partial charge in [0.05, 0.1) is 12.2 Å². The van der Waals surface area contributed by atoms with E-state index in [1.807, 2.05) is 32.0 Å². The zero-order valence-electron chi connectivity index (χ0n) is 14.0. The normalized spacial score (nSPS) is 12.0. The third-order valence-corrected chi connectivity index (χ3v) is 4.66. The molecule has 1 unspecified atom stereocenters. The molecule has 0 spiro atoms. The molecule has 0 aliphatic carbocycles. The fraction of sp³-hybridized carbons (Fsp3) is 0.412. The maximum Gasteiger partial charge on any atom is 0.317 e. The largest absolute Gasteiger partial charge is 0.361 e. The van der Waals surface area contributed by atoms with Crippen molar-refractivity contribution in [1.82, 2.24) is 15.4 Å². The van der Waals surface area contributed by atoms with E-state index in [1.165, 1.54) is 4.90 Å². The molecule has 1 heterocycles. The Hall–Kier alpha value is -1.95. The van der Waals surface area contributed by atoms with Crippen LogP contribution < -0.4 is 5.32 Å². The van der Waals surface area contributed by atoms with Crippen molar-refractivity contribution >= 4 is 17.8 Å². The SMILES string of the molecule is Cc1noc(C)c1CN(C)C(=O)NCC(C)Sc1ccccc1. The number of rotatable bonds is 6. The summed E-state index contributed by atoms with van der Waals surface area (Å²) in [5.41, 5.74) is 1.80. The standard InChI is InChI=1S/C17H23N3O2S/c1-12(23-15-8-6-5-7-9-15)10-18-17(21)20(4)11-16-13(2)19-22-14(16)3/h5-9,12H,10-11H2,1-4H3,(H,18,21). The molecule has 1 aromatic carbocycles. The van der Waals surface area contributed by atoms with E-state index in [-0.39, 0.29) is 6.03 Å². The fourth-order valence-corrected chi connectivity index (χ4v) is 3.12. The van der Waals surface area contributed by atoms with Crippen molar-refractivity contribution < 1.29 is 9.32 Å². The quantitative estimate of drug-likeness (QED) is 0.820. The summed E-state index contributed by atoms with van der Waals surface area (Å²) < 4.78 is 5.13. The minimum atomic E-state index is -0.0921. The van der Waals surface area contributed by atoms with Gasteiger partial charge in [-0.15, -0.1) is 11.8 Å². The highest BCUT2D eigenvalue weighted by Crippen LogP contribution is 2.22. The molecular formula is C17H23N3O2S. The minimum Gasteiger partial charge on any atom is -0.361 e. The van der Waals surface area contributed by atoms with Crippen molar-refractivity contribution in [3.8, 4) is 0 Å². The van der Waals surface area contributed by atoms with Crippen LogP contribution in [0.1, 0.15) is 23.9 Å². The van der Waals surface area contributed by atoms with Gasteiger partial charge in [-0.3, -0.25) is 0 Å². The first-order chi connectivity index (χ1) is 11.0. The highest BCUT2D eigenvalue weighted by atomic mass is 32.2. The van der Waals surface area contributed by atoms with Crippen LogP contribution in [0.5, 0.6) is 0 Å². The van der Waals surface area contributed by atoms with E-state index in [2.05, 4.69) is 29.5 Å². The highest BCUT2D eigenvalue weighted by molar-refractivity contribution is 8.00. The zero-order chi connectivity index (χ0) is 16.8. The molecule has 2 rings (SSSR count). The van der Waals surface area contributed by atoms with Crippen LogP contribution in [0.25, 0.3) is 0 Å². The van der Waals surface area contributed by atoms with Crippen molar-refractivity contribution in [1.29, 1.82) is 0 Å². The van der Waals surface area contributed by atoms with E-state index in [4.69, 9.17) is 4.52 Å². The molecule has 1 N–H and O–H groups in total. The molecule has 0 bridgehead atoms. The number of carbonyl (C=O) groups excluding carboxylic acids is 1. The Morgan fingerprint density at radius 1 is 1.35 bits per heavy atom. The number of benzene rings is 1. The number of hydrogen-bond acceptors (Lipinski definition) is 4. The first-order valence-corrected chi connectivity index (χ1v) is 8.47. The molecule has 124 valence electrons. The molecule has 1 aromatic heterocycles. The Morgan fingerprint density at radius 2 is 2.04 bits per heavy atom. The van der Waals surface area contributed by atoms with Crippen LogP contribution in [0, 0.1) is 13.8 Å². The van der Waals surface area contributed by atoms with Gasteiger partial charge in [0.2, 0.25) is 0 Å². The van der Waals surface area contributed by atoms with Gasteiger partial charge in [0.1, 0.15) is 5.76 Å². The Labute approximate surface area is 141 Å². The molecule has 6 heteroatoms. The van der Waals surface area contributed by atoms with Crippen molar-refractivity contribution in [2.45, 2.75) is 37.5 Å². The molecule has 0 saturated heterocycles. The molecule has 5 nitrogen and oxygen atoms in total. The van der Waals surface area contributed by atoms with E-state index in [1.54, 1.807) is 23.7 Å². The topological polar surface area (TPSA) is 58.4 Å². The number of aryl methyl sites for hydroxylation is 2. The Morgan fingerprint density at radius 3 is 2.65 bits per heavy atom. The van der Waals surface area contributed by atoms with E-state index in [0.717, 1.165) is 17.0 Å². The van der Waals surface area contributed by atoms with Crippen molar-refractivity contribution in [2.75, 3.05) is 13.6 Å². The van der Waals surface area contributed by atoms with Crippen LogP contribution >= 0.6 is 11.8 Å². The minimum absolute atomic E-state index is 0.0921. The number of hydrogen-bond donors (Lipinski definition) is 1. The third kappa shape index (κ3) is 5.03. The van der Waals surface area contributed by atoms with Crippen LogP contribution in [-0.2, 0) is 6.54 Å². The summed E-state index contributed by atoms with van der Waals surface area (Å²) >= 11 is 1.75. The molecule has 0 aliphatic rings. The number of urea groups is 1. The van der Waals surface area contributed by atoms with Crippen LogP contribution in [0.2, 0.25) is 0 Å². The van der Waals surface area contributed by atoms with Gasteiger partial charge in [-0.1, -0.05) is 30.3 Å². The summed E-state index contributed by atoms with van der Waals surface area (Å²) in [4.78, 5) is 15.1. The monoisotopic (exact) mass is 333 g/mol. The van der Waals surface area contributed by atoms with Crippen LogP contribution in [0.15, 0.2) is 39.8 Å². The summed E-state index contributed by atoms with van der Waals surface area (Å²) in [5, 5.41) is 7.18. The second-order valence-electron chi connectivity index (χ2n) is 5.59. The smallest absolute Gasteiger partial charge is 0.317 e. The molecule has 23 heavy (non-hydrogen) atoms. The first-order valence-electron chi connectivity index (χ1n) is 7.59. The lowest BCUT2D eigenvalue weighted by molar-refractivity contribution is 0.207. The average Bonchev–Trinajstić information content (AvgIpc) is 2.85. The molecule has 1 atom stereocenters. The number of amides is 2. The van der Waals surface area contributed by atoms with Gasteiger partial charge in [0, 0.05) is 29.3 Å². The number of nitrogens with zero attached hydrogens (tertiary/aromatic N) is 2. The summed E-state index contributed by atoms with van der Waals surface area (Å²) in [5.74, 6) is 0.759. The van der Waals surface area contributed by atoms with Gasteiger partial charge in [-0.05, 0) is 26.0 Å². The number of thioether (sulfide) groups is 1. The van der Waals surface area contributed by atoms with Gasteiger partial charge in [0.15, 0.2) is 0 Å². The molecule has 0 aliphatic heterocycles. The lowest BCUT2D eigenvalue weighted by atomic mass is 10.2. The van der Waals surface area contributed by atoms with E-state index in [9.17, 15) is 4.79 Å². The molecule has 0 fully saturated rings. The predicted molar refractivity (Wildman–Crippen MR) is 92.6 cm³/mol. The third-order valence-electron chi connectivity index (χ3n) is 3.54. The zero-order valence-corrected chi connectivity index (χ0v) is 14.8. The first kappa shape index (κ1) is 17.4. The summed E-state index contributed by atoms with van der Waals surface area (Å²) in [6.45, 7) is 6.96. The lowest BCUT2D eigenvalue weighted by Crippen LogP contribution is -2.39. The predicted octanol–water partition coefficient (Wildman–Crippen LogP) is 3.61. The Kier molecular flexibility index (Phi) is 6.10. The number of carbonyl (C=O) groups is 1. The van der Waals surface area contributed by atoms with Crippen molar-refractivity contribution in [2.24, 2.45) is 0 Å². The van der Waals surface area contributed by atoms with Gasteiger partial charge in [0.25, 0.3) is 0 Å². The Bertz CT molecular complexity index is 623. The maximum absolute atomic E-state index is 12.2. The summed E-state index contributed by atoms with van der Waals surface area (Å²) in [6, 6.07) is 10.1. The highest BCUT2D eigenvalue weighted by Gasteiger charge is 2.16. The molecular weight excluding hydrogens is 310 g/mol. The van der Waals surface area contributed by atoms with Gasteiger partial charge < -0.3 is 14.7 Å². The van der Waals surface area contributed by atoms with Gasteiger partial charge >= 0.3 is 6.03 Å². The van der Waals surface area contributed by atoms with E-state index >= 15 is 0 Å². The molecule has 0 saturated carbocycles. The fourth-order valence-electron chi connectivity index (χ4n) is 2.18. The molecule has 2 aromatic rings. The van der Waals surface area contributed by atoms with Crippen LogP contribution in [-0.4, -0.2) is 34.9 Å². The van der Waals surface area contributed by atoms with Gasteiger partial charge in [-0.25, -0.2) is 4.79 Å². The lowest BCUT2D eigenvalue weighted by Gasteiger charge is -2.19. The molecule has 0 radical (unpaired) electrons. The second-order valence-corrected chi connectivity index (χ2v) is 7.10. The van der Waals surface area contributed by atoms with Crippen LogP contribution in [0.3, 0.4) is 0 Å². The average molecular weight is 333 g/mol. The van der Waals surface area contributed by atoms with Gasteiger partial charge in [-0.2, -0.15) is 0 Å². The van der Waals surface area contributed by atoms with Crippen molar-refractivity contribution in [3.63, 3.8) is 0 Å². The van der Waals surface area contributed by atoms with E-state index < -0.39 is 0 Å². The summed E-state index contributed by atoms with van der Waals surface area (Å²) in [6.07, 6.45) is 0. The second kappa shape index (κ2) is 8.06. The van der Waals surface area contributed by atoms with E-state index in [0.29, 0.717) is 18.3 Å². The number of aromatic nitrogens is 1. The Balaban J connectivity index is 1.80. The summed E-state index contributed by atoms with van der Waals surface area (Å²) in [7, 11) is 1.77.